The van der Waals surface area contributed by atoms with E-state index in [0.717, 1.165) is 11.8 Å². The van der Waals surface area contributed by atoms with Gasteiger partial charge in [-0.25, -0.2) is 0 Å². The van der Waals surface area contributed by atoms with E-state index in [1.165, 1.54) is 32.1 Å². The van der Waals surface area contributed by atoms with Crippen LogP contribution in [0.5, 0.6) is 0 Å². The van der Waals surface area contributed by atoms with Crippen LogP contribution in [0.15, 0.2) is 0 Å². The van der Waals surface area contributed by atoms with Crippen molar-refractivity contribution >= 4 is 0 Å². The first-order chi connectivity index (χ1) is 8.61. The normalized spacial score (nSPS) is 36.3. The van der Waals surface area contributed by atoms with Crippen LogP contribution >= 0.6 is 0 Å². The van der Waals surface area contributed by atoms with Crippen LogP contribution in [-0.2, 0) is 4.74 Å². The van der Waals surface area contributed by atoms with Gasteiger partial charge in [0, 0.05) is 0 Å². The zero-order valence-corrected chi connectivity index (χ0v) is 12.1. The summed E-state index contributed by atoms with van der Waals surface area (Å²) < 4.78 is 6.13. The third-order valence-electron chi connectivity index (χ3n) is 5.27. The molecule has 0 bridgehead atoms. The van der Waals surface area contributed by atoms with E-state index in [-0.39, 0.29) is 12.1 Å². The van der Waals surface area contributed by atoms with Gasteiger partial charge in [-0.1, -0.05) is 13.8 Å². The summed E-state index contributed by atoms with van der Waals surface area (Å²) >= 11 is 0. The van der Waals surface area contributed by atoms with E-state index in [4.69, 9.17) is 4.74 Å². The van der Waals surface area contributed by atoms with E-state index in [1.54, 1.807) is 0 Å². The Balaban J connectivity index is 1.82. The van der Waals surface area contributed by atoms with Crippen molar-refractivity contribution in [3.05, 3.63) is 0 Å². The van der Waals surface area contributed by atoms with Crippen LogP contribution in [0.2, 0.25) is 0 Å². The maximum Gasteiger partial charge on any atom is 0.0677 e. The van der Waals surface area contributed by atoms with E-state index in [2.05, 4.69) is 19.2 Å². The Morgan fingerprint density at radius 2 is 1.89 bits per heavy atom. The molecule has 18 heavy (non-hydrogen) atoms. The number of aliphatic hydroxyl groups is 1. The Morgan fingerprint density at radius 1 is 1.17 bits per heavy atom. The molecule has 0 amide bonds. The summed E-state index contributed by atoms with van der Waals surface area (Å²) in [4.78, 5) is 0. The minimum atomic E-state index is -0.188. The molecule has 0 aromatic heterocycles. The van der Waals surface area contributed by atoms with Crippen molar-refractivity contribution in [1.82, 2.24) is 5.32 Å². The van der Waals surface area contributed by atoms with Gasteiger partial charge in [0.05, 0.1) is 24.9 Å². The predicted molar refractivity (Wildman–Crippen MR) is 73.5 cm³/mol. The molecule has 0 spiro atoms. The molecule has 0 radical (unpaired) electrons. The number of nitrogens with one attached hydrogen (secondary N) is 1. The van der Waals surface area contributed by atoms with Gasteiger partial charge in [-0.3, -0.25) is 0 Å². The maximum absolute atomic E-state index is 9.67. The Morgan fingerprint density at radius 3 is 2.39 bits per heavy atom. The highest BCUT2D eigenvalue weighted by Crippen LogP contribution is 2.40. The largest absolute Gasteiger partial charge is 0.394 e. The molecular formula is C15H29NO2. The molecule has 0 aromatic carbocycles. The van der Waals surface area contributed by atoms with E-state index in [0.29, 0.717) is 18.6 Å². The van der Waals surface area contributed by atoms with Crippen molar-refractivity contribution in [2.75, 3.05) is 20.3 Å². The monoisotopic (exact) mass is 255 g/mol. The standard InChI is InChI=1S/C15H29NO2/c1-11-4-7-14(8-12(11)2)18-10-15(9-17,16-3)13-5-6-13/h11-14,16-17H,4-10H2,1-3H3. The topological polar surface area (TPSA) is 41.5 Å². The number of likely N-dealkylation sites (N-methyl/N-ethyl adjacent to an activating group) is 1. The molecule has 2 rings (SSSR count). The molecule has 2 aliphatic carbocycles. The summed E-state index contributed by atoms with van der Waals surface area (Å²) in [5, 5.41) is 13.0. The van der Waals surface area contributed by atoms with E-state index < -0.39 is 0 Å². The van der Waals surface area contributed by atoms with Crippen molar-refractivity contribution in [3.63, 3.8) is 0 Å². The minimum absolute atomic E-state index is 0.187. The Labute approximate surface area is 111 Å². The number of aliphatic hydroxyl groups excluding tert-OH is 1. The lowest BCUT2D eigenvalue weighted by atomic mass is 9.80. The summed E-state index contributed by atoms with van der Waals surface area (Å²) in [6.45, 7) is 5.53. The van der Waals surface area contributed by atoms with E-state index in [9.17, 15) is 5.11 Å². The lowest BCUT2D eigenvalue weighted by Crippen LogP contribution is -2.53. The molecule has 2 saturated carbocycles. The first-order valence-corrected chi connectivity index (χ1v) is 7.52. The van der Waals surface area contributed by atoms with Crippen molar-refractivity contribution in [2.45, 2.75) is 57.6 Å². The molecule has 3 heteroatoms. The third-order valence-corrected chi connectivity index (χ3v) is 5.27. The lowest BCUT2D eigenvalue weighted by Gasteiger charge is -2.36. The van der Waals surface area contributed by atoms with Gasteiger partial charge < -0.3 is 15.2 Å². The van der Waals surface area contributed by atoms with Crippen LogP contribution < -0.4 is 5.32 Å². The molecule has 4 unspecified atom stereocenters. The van der Waals surface area contributed by atoms with Crippen molar-refractivity contribution in [1.29, 1.82) is 0 Å². The third kappa shape index (κ3) is 3.06. The van der Waals surface area contributed by atoms with Gasteiger partial charge >= 0.3 is 0 Å². The molecule has 0 aliphatic heterocycles. The van der Waals surface area contributed by atoms with Crippen LogP contribution in [-0.4, -0.2) is 37.0 Å². The fraction of sp³-hybridized carbons (Fsp3) is 1.00. The zero-order valence-electron chi connectivity index (χ0n) is 12.1. The summed E-state index contributed by atoms with van der Waals surface area (Å²) in [5.41, 5.74) is -0.188. The lowest BCUT2D eigenvalue weighted by molar-refractivity contribution is -0.0434. The molecule has 3 nitrogen and oxygen atoms in total. The molecular weight excluding hydrogens is 226 g/mol. The first-order valence-electron chi connectivity index (χ1n) is 7.52. The smallest absolute Gasteiger partial charge is 0.0677 e. The van der Waals surface area contributed by atoms with Crippen LogP contribution in [0.3, 0.4) is 0 Å². The number of ether oxygens (including phenoxy) is 1. The molecule has 2 fully saturated rings. The summed E-state index contributed by atoms with van der Waals surface area (Å²) in [6.07, 6.45) is 6.49. The van der Waals surface area contributed by atoms with Crippen LogP contribution in [0.1, 0.15) is 46.0 Å². The van der Waals surface area contributed by atoms with Crippen LogP contribution in [0.25, 0.3) is 0 Å². The van der Waals surface area contributed by atoms with Crippen molar-refractivity contribution in [2.24, 2.45) is 17.8 Å². The Kier molecular flexibility index (Phi) is 4.68. The molecule has 2 aliphatic rings. The van der Waals surface area contributed by atoms with Gasteiger partial charge in [-0.2, -0.15) is 0 Å². The average molecular weight is 255 g/mol. The molecule has 4 atom stereocenters. The predicted octanol–water partition coefficient (Wildman–Crippen LogP) is 2.19. The fourth-order valence-electron chi connectivity index (χ4n) is 3.20. The van der Waals surface area contributed by atoms with E-state index in [1.807, 2.05) is 7.05 Å². The highest BCUT2D eigenvalue weighted by atomic mass is 16.5. The maximum atomic E-state index is 9.67. The highest BCUT2D eigenvalue weighted by Gasteiger charge is 2.44. The molecule has 2 N–H and O–H groups in total. The number of rotatable bonds is 6. The molecule has 106 valence electrons. The molecule has 0 saturated heterocycles. The van der Waals surface area contributed by atoms with Crippen molar-refractivity contribution < 1.29 is 9.84 Å². The summed E-state index contributed by atoms with van der Waals surface area (Å²) in [6, 6.07) is 0. The first kappa shape index (κ1) is 14.3. The Bertz CT molecular complexity index is 261. The van der Waals surface area contributed by atoms with Crippen LogP contribution in [0.4, 0.5) is 0 Å². The second-order valence-corrected chi connectivity index (χ2v) is 6.54. The van der Waals surface area contributed by atoms with Gasteiger partial charge in [0.1, 0.15) is 0 Å². The van der Waals surface area contributed by atoms with Gasteiger partial charge in [0.15, 0.2) is 0 Å². The van der Waals surface area contributed by atoms with Gasteiger partial charge in [0.25, 0.3) is 0 Å². The number of hydrogen-bond donors (Lipinski definition) is 2. The van der Waals surface area contributed by atoms with Gasteiger partial charge in [0.2, 0.25) is 0 Å². The van der Waals surface area contributed by atoms with Gasteiger partial charge in [-0.15, -0.1) is 0 Å². The second-order valence-electron chi connectivity index (χ2n) is 6.54. The average Bonchev–Trinajstić information content (AvgIpc) is 3.20. The second kappa shape index (κ2) is 5.89. The molecule has 0 heterocycles. The molecule has 0 aromatic rings. The van der Waals surface area contributed by atoms with E-state index >= 15 is 0 Å². The zero-order chi connectivity index (χ0) is 13.2. The van der Waals surface area contributed by atoms with Crippen molar-refractivity contribution in [3.8, 4) is 0 Å². The summed E-state index contributed by atoms with van der Waals surface area (Å²) in [7, 11) is 1.95. The summed E-state index contributed by atoms with van der Waals surface area (Å²) in [5.74, 6) is 2.20. The SMILES string of the molecule is CNC(CO)(COC1CCC(C)C(C)C1)C1CC1. The van der Waals surface area contributed by atoms with Crippen LogP contribution in [0, 0.1) is 17.8 Å². The highest BCUT2D eigenvalue weighted by molar-refractivity contribution is 5.00. The Hall–Kier alpha value is -0.120. The quantitative estimate of drug-likeness (QED) is 0.764. The fourth-order valence-corrected chi connectivity index (χ4v) is 3.20. The minimum Gasteiger partial charge on any atom is -0.394 e. The van der Waals surface area contributed by atoms with Gasteiger partial charge in [-0.05, 0) is 56.9 Å². The number of hydrogen-bond acceptors (Lipinski definition) is 3.